The lowest BCUT2D eigenvalue weighted by atomic mass is 10.0. The number of aromatic nitrogens is 2. The molecule has 0 saturated carbocycles. The normalized spacial score (nSPS) is 18.0. The quantitative estimate of drug-likeness (QED) is 0.725. The number of hydrogen-bond acceptors (Lipinski definition) is 6. The Morgan fingerprint density at radius 2 is 1.83 bits per heavy atom. The van der Waals surface area contributed by atoms with E-state index < -0.39 is 9.84 Å². The Morgan fingerprint density at radius 1 is 1.04 bits per heavy atom. The molecule has 0 bridgehead atoms. The van der Waals surface area contributed by atoms with E-state index in [1.165, 1.54) is 0 Å². The molecule has 0 unspecified atom stereocenters. The van der Waals surface area contributed by atoms with Crippen molar-refractivity contribution in [3.63, 3.8) is 0 Å². The van der Waals surface area contributed by atoms with Crippen LogP contribution in [0.1, 0.15) is 5.56 Å². The van der Waals surface area contributed by atoms with Crippen LogP contribution in [-0.2, 0) is 16.4 Å². The lowest BCUT2D eigenvalue weighted by Gasteiger charge is -2.26. The van der Waals surface area contributed by atoms with E-state index in [4.69, 9.17) is 4.63 Å². The first-order valence-corrected chi connectivity index (χ1v) is 9.66. The summed E-state index contributed by atoms with van der Waals surface area (Å²) in [6, 6.07) is 14.0. The Bertz CT molecular complexity index is 967. The van der Waals surface area contributed by atoms with Crippen molar-refractivity contribution in [2.45, 2.75) is 6.54 Å². The highest BCUT2D eigenvalue weighted by Crippen LogP contribution is 2.27. The number of hydrogen-bond donors (Lipinski definition) is 0. The van der Waals surface area contributed by atoms with Crippen molar-refractivity contribution in [2.24, 2.45) is 0 Å². The van der Waals surface area contributed by atoms with Crippen molar-refractivity contribution in [3.8, 4) is 11.1 Å². The Balaban J connectivity index is 1.59. The second kappa shape index (κ2) is 5.99. The van der Waals surface area contributed by atoms with Crippen LogP contribution < -0.4 is 0 Å². The molecule has 0 spiro atoms. The molecular formula is C17H17N3O3S. The number of nitrogens with zero attached hydrogens (tertiary/aromatic N) is 3. The fraction of sp³-hybridized carbons (Fsp3) is 0.294. The molecule has 1 saturated heterocycles. The largest absolute Gasteiger partial charge is 0.297 e. The fourth-order valence-corrected chi connectivity index (χ4v) is 4.32. The number of rotatable bonds is 3. The molecule has 6 nitrogen and oxygen atoms in total. The lowest BCUT2D eigenvalue weighted by Crippen LogP contribution is -2.39. The van der Waals surface area contributed by atoms with Crippen LogP contribution >= 0.6 is 0 Å². The maximum atomic E-state index is 11.5. The van der Waals surface area contributed by atoms with E-state index in [0.717, 1.165) is 34.3 Å². The maximum absolute atomic E-state index is 11.5. The summed E-state index contributed by atoms with van der Waals surface area (Å²) in [5, 5.41) is 7.88. The van der Waals surface area contributed by atoms with Crippen molar-refractivity contribution < 1.29 is 13.0 Å². The molecule has 1 aliphatic rings. The molecule has 1 aliphatic heterocycles. The van der Waals surface area contributed by atoms with Gasteiger partial charge in [0.05, 0.1) is 11.5 Å². The minimum Gasteiger partial charge on any atom is -0.297 e. The molecule has 0 atom stereocenters. The van der Waals surface area contributed by atoms with Gasteiger partial charge in [0.15, 0.2) is 9.84 Å². The fourth-order valence-electron chi connectivity index (χ4n) is 3.04. The van der Waals surface area contributed by atoms with E-state index >= 15 is 0 Å². The van der Waals surface area contributed by atoms with Gasteiger partial charge in [-0.25, -0.2) is 13.0 Å². The van der Waals surface area contributed by atoms with E-state index in [1.807, 2.05) is 30.3 Å². The molecule has 2 aromatic carbocycles. The zero-order valence-corrected chi connectivity index (χ0v) is 13.9. The average Bonchev–Trinajstić information content (AvgIpc) is 3.06. The number of fused-ring (bicyclic) bond motifs is 1. The average molecular weight is 343 g/mol. The van der Waals surface area contributed by atoms with Crippen LogP contribution in [0.5, 0.6) is 0 Å². The van der Waals surface area contributed by atoms with Crippen molar-refractivity contribution in [3.05, 3.63) is 48.0 Å². The van der Waals surface area contributed by atoms with Gasteiger partial charge in [-0.2, -0.15) is 0 Å². The predicted octanol–water partition coefficient (Wildman–Crippen LogP) is 2.12. The molecule has 0 N–H and O–H groups in total. The van der Waals surface area contributed by atoms with Gasteiger partial charge in [0, 0.05) is 25.2 Å². The summed E-state index contributed by atoms with van der Waals surface area (Å²) in [5.41, 5.74) is 4.67. The second-order valence-corrected chi connectivity index (χ2v) is 8.37. The highest BCUT2D eigenvalue weighted by atomic mass is 32.2. The molecule has 0 amide bonds. The number of benzene rings is 2. The van der Waals surface area contributed by atoms with E-state index in [0.29, 0.717) is 13.1 Å². The molecule has 24 heavy (non-hydrogen) atoms. The Morgan fingerprint density at radius 3 is 2.67 bits per heavy atom. The van der Waals surface area contributed by atoms with Gasteiger partial charge in [-0.3, -0.25) is 4.90 Å². The van der Waals surface area contributed by atoms with Crippen LogP contribution in [0.15, 0.2) is 47.1 Å². The molecule has 7 heteroatoms. The van der Waals surface area contributed by atoms with Crippen molar-refractivity contribution in [1.29, 1.82) is 0 Å². The van der Waals surface area contributed by atoms with Gasteiger partial charge in [0.2, 0.25) is 0 Å². The maximum Gasteiger partial charge on any atom is 0.152 e. The Hall–Kier alpha value is -2.25. The molecule has 2 heterocycles. The smallest absolute Gasteiger partial charge is 0.152 e. The van der Waals surface area contributed by atoms with E-state index in [2.05, 4.69) is 27.3 Å². The monoisotopic (exact) mass is 343 g/mol. The molecule has 1 aromatic heterocycles. The molecule has 124 valence electrons. The molecular weight excluding hydrogens is 326 g/mol. The van der Waals surface area contributed by atoms with Crippen LogP contribution in [0, 0.1) is 0 Å². The zero-order chi connectivity index (χ0) is 16.6. The van der Waals surface area contributed by atoms with Crippen LogP contribution in [0.3, 0.4) is 0 Å². The van der Waals surface area contributed by atoms with Crippen LogP contribution in [0.4, 0.5) is 0 Å². The summed E-state index contributed by atoms with van der Waals surface area (Å²) in [6.45, 7) is 1.93. The topological polar surface area (TPSA) is 76.3 Å². The summed E-state index contributed by atoms with van der Waals surface area (Å²) < 4.78 is 27.9. The molecule has 0 aliphatic carbocycles. The second-order valence-electron chi connectivity index (χ2n) is 6.07. The Labute approximate surface area is 140 Å². The SMILES string of the molecule is O=S1(=O)CCN(Cc2cccc(-c3cccc4nonc34)c2)CC1. The first-order chi connectivity index (χ1) is 11.6. The summed E-state index contributed by atoms with van der Waals surface area (Å²) >= 11 is 0. The Kier molecular flexibility index (Phi) is 3.82. The van der Waals surface area contributed by atoms with Gasteiger partial charge >= 0.3 is 0 Å². The van der Waals surface area contributed by atoms with Crippen molar-refractivity contribution in [1.82, 2.24) is 15.2 Å². The third kappa shape index (κ3) is 3.05. The molecule has 3 aromatic rings. The van der Waals surface area contributed by atoms with E-state index in [-0.39, 0.29) is 11.5 Å². The highest BCUT2D eigenvalue weighted by Gasteiger charge is 2.21. The molecule has 4 rings (SSSR count). The van der Waals surface area contributed by atoms with E-state index in [1.54, 1.807) is 0 Å². The summed E-state index contributed by atoms with van der Waals surface area (Å²) in [4.78, 5) is 2.18. The highest BCUT2D eigenvalue weighted by molar-refractivity contribution is 7.91. The minimum absolute atomic E-state index is 0.247. The third-order valence-corrected chi connectivity index (χ3v) is 5.98. The van der Waals surface area contributed by atoms with Gasteiger partial charge in [0.1, 0.15) is 11.0 Å². The first-order valence-electron chi connectivity index (χ1n) is 7.84. The van der Waals surface area contributed by atoms with E-state index in [9.17, 15) is 8.42 Å². The number of sulfone groups is 1. The van der Waals surface area contributed by atoms with Crippen molar-refractivity contribution >= 4 is 20.9 Å². The lowest BCUT2D eigenvalue weighted by molar-refractivity contribution is 0.288. The van der Waals surface area contributed by atoms with Gasteiger partial charge < -0.3 is 0 Å². The zero-order valence-electron chi connectivity index (χ0n) is 13.1. The van der Waals surface area contributed by atoms with Gasteiger partial charge in [0.25, 0.3) is 0 Å². The predicted molar refractivity (Wildman–Crippen MR) is 91.2 cm³/mol. The third-order valence-electron chi connectivity index (χ3n) is 4.37. The molecule has 0 radical (unpaired) electrons. The van der Waals surface area contributed by atoms with Crippen LogP contribution in [0.25, 0.3) is 22.2 Å². The summed E-state index contributed by atoms with van der Waals surface area (Å²) in [6.07, 6.45) is 0. The molecule has 1 fully saturated rings. The van der Waals surface area contributed by atoms with Crippen LogP contribution in [-0.4, -0.2) is 48.2 Å². The van der Waals surface area contributed by atoms with Gasteiger partial charge in [-0.05, 0) is 33.6 Å². The summed E-state index contributed by atoms with van der Waals surface area (Å²) in [5.74, 6) is 0.493. The summed E-state index contributed by atoms with van der Waals surface area (Å²) in [7, 11) is -2.84. The van der Waals surface area contributed by atoms with Gasteiger partial charge in [-0.15, -0.1) is 0 Å². The standard InChI is InChI=1S/C17H17N3O3S/c21-24(22)9-7-20(8-10-24)12-13-3-1-4-14(11-13)15-5-2-6-16-17(15)19-23-18-16/h1-6,11H,7-10,12H2. The first kappa shape index (κ1) is 15.3. The van der Waals surface area contributed by atoms with Crippen LogP contribution in [0.2, 0.25) is 0 Å². The van der Waals surface area contributed by atoms with Gasteiger partial charge in [-0.1, -0.05) is 30.3 Å². The minimum atomic E-state index is -2.84. The van der Waals surface area contributed by atoms with Crippen molar-refractivity contribution in [2.75, 3.05) is 24.6 Å².